The summed E-state index contributed by atoms with van der Waals surface area (Å²) in [5, 5.41) is 18.4. The Hall–Kier alpha value is -1.86. The first-order chi connectivity index (χ1) is 8.65. The normalized spacial score (nSPS) is 9.89. The maximum absolute atomic E-state index is 11.5. The van der Waals surface area contributed by atoms with Crippen molar-refractivity contribution < 1.29 is 14.6 Å². The number of rotatable bonds is 5. The number of hydrogen-bond acceptors (Lipinski definition) is 4. The summed E-state index contributed by atoms with van der Waals surface area (Å²) in [6.07, 6.45) is 0.799. The van der Waals surface area contributed by atoms with Crippen molar-refractivity contribution in [2.24, 2.45) is 0 Å². The minimum Gasteiger partial charge on any atom is -0.466 e. The van der Waals surface area contributed by atoms with Gasteiger partial charge in [0.1, 0.15) is 0 Å². The average Bonchev–Trinajstić information content (AvgIpc) is 2.37. The molecule has 0 saturated carbocycles. The number of aliphatic hydroxyl groups excluding tert-OH is 1. The average molecular weight is 247 g/mol. The maximum atomic E-state index is 11.5. The molecule has 0 radical (unpaired) electrons. The van der Waals surface area contributed by atoms with Crippen molar-refractivity contribution in [3.63, 3.8) is 0 Å². The second-order valence-corrected chi connectivity index (χ2v) is 3.88. The highest BCUT2D eigenvalue weighted by Gasteiger charge is 2.13. The van der Waals surface area contributed by atoms with Gasteiger partial charge in [-0.05, 0) is 42.2 Å². The van der Waals surface area contributed by atoms with Gasteiger partial charge in [-0.1, -0.05) is 6.92 Å². The Morgan fingerprint density at radius 3 is 2.56 bits per heavy atom. The monoisotopic (exact) mass is 247 g/mol. The number of aliphatic hydroxyl groups is 1. The quantitative estimate of drug-likeness (QED) is 0.804. The molecule has 4 heteroatoms. The molecule has 1 rings (SSSR count). The van der Waals surface area contributed by atoms with E-state index in [2.05, 4.69) is 6.07 Å². The van der Waals surface area contributed by atoms with Gasteiger partial charge >= 0.3 is 5.97 Å². The van der Waals surface area contributed by atoms with Crippen LogP contribution < -0.4 is 0 Å². The fraction of sp³-hybridized carbons (Fsp3) is 0.429. The fourth-order valence-corrected chi connectivity index (χ4v) is 1.91. The Morgan fingerprint density at radius 1 is 1.39 bits per heavy atom. The van der Waals surface area contributed by atoms with Gasteiger partial charge in [-0.15, -0.1) is 0 Å². The summed E-state index contributed by atoms with van der Waals surface area (Å²) in [5.74, 6) is -0.343. The van der Waals surface area contributed by atoms with Crippen LogP contribution in [0.4, 0.5) is 0 Å². The van der Waals surface area contributed by atoms with Gasteiger partial charge in [-0.25, -0.2) is 0 Å². The molecule has 1 aromatic rings. The van der Waals surface area contributed by atoms with Crippen molar-refractivity contribution in [2.75, 3.05) is 6.61 Å². The van der Waals surface area contributed by atoms with Crippen molar-refractivity contribution in [3.05, 3.63) is 34.4 Å². The van der Waals surface area contributed by atoms with Gasteiger partial charge in [0.25, 0.3) is 0 Å². The summed E-state index contributed by atoms with van der Waals surface area (Å²) in [4.78, 5) is 11.5. The molecule has 0 heterocycles. The summed E-state index contributed by atoms with van der Waals surface area (Å²) < 4.78 is 4.89. The summed E-state index contributed by atoms with van der Waals surface area (Å²) in [7, 11) is 0. The third kappa shape index (κ3) is 3.31. The zero-order valence-electron chi connectivity index (χ0n) is 10.7. The van der Waals surface area contributed by atoms with Gasteiger partial charge in [0, 0.05) is 0 Å². The standard InChI is InChI=1S/C14H17NO3/c1-3-11-5-10(8-15)6-12(13(11)9-16)7-14(17)18-4-2/h5-6,16H,3-4,7,9H2,1-2H3. The van der Waals surface area contributed by atoms with Crippen molar-refractivity contribution in [2.45, 2.75) is 33.3 Å². The van der Waals surface area contributed by atoms with Crippen LogP contribution in [-0.2, 0) is 29.0 Å². The summed E-state index contributed by atoms with van der Waals surface area (Å²) >= 11 is 0. The maximum Gasteiger partial charge on any atom is 0.310 e. The lowest BCUT2D eigenvalue weighted by Gasteiger charge is -2.12. The number of carbonyl (C=O) groups excluding carboxylic acids is 1. The molecular weight excluding hydrogens is 230 g/mol. The van der Waals surface area contributed by atoms with Crippen LogP contribution in [0.5, 0.6) is 0 Å². The van der Waals surface area contributed by atoms with E-state index in [0.717, 1.165) is 11.1 Å². The lowest BCUT2D eigenvalue weighted by atomic mass is 9.95. The van der Waals surface area contributed by atoms with Crippen molar-refractivity contribution in [1.82, 2.24) is 0 Å². The molecular formula is C14H17NO3. The van der Waals surface area contributed by atoms with Crippen LogP contribution in [0.15, 0.2) is 12.1 Å². The van der Waals surface area contributed by atoms with Gasteiger partial charge in [0.2, 0.25) is 0 Å². The van der Waals surface area contributed by atoms with Crippen LogP contribution in [0.25, 0.3) is 0 Å². The van der Waals surface area contributed by atoms with Crippen LogP contribution in [0.3, 0.4) is 0 Å². The van der Waals surface area contributed by atoms with Crippen LogP contribution in [0.1, 0.15) is 36.1 Å². The number of ether oxygens (including phenoxy) is 1. The van der Waals surface area contributed by atoms with E-state index in [0.29, 0.717) is 24.2 Å². The van der Waals surface area contributed by atoms with Gasteiger partial charge in [-0.3, -0.25) is 4.79 Å². The number of hydrogen-bond donors (Lipinski definition) is 1. The highest BCUT2D eigenvalue weighted by molar-refractivity contribution is 5.73. The first-order valence-electron chi connectivity index (χ1n) is 5.97. The van der Waals surface area contributed by atoms with E-state index in [1.165, 1.54) is 0 Å². The molecule has 0 aliphatic rings. The van der Waals surface area contributed by atoms with E-state index in [-0.39, 0.29) is 19.0 Å². The Balaban J connectivity index is 3.15. The molecule has 0 atom stereocenters. The zero-order chi connectivity index (χ0) is 13.5. The lowest BCUT2D eigenvalue weighted by Crippen LogP contribution is -2.11. The van der Waals surface area contributed by atoms with Crippen LogP contribution in [0.2, 0.25) is 0 Å². The molecule has 18 heavy (non-hydrogen) atoms. The molecule has 0 amide bonds. The number of esters is 1. The Bertz CT molecular complexity index is 475. The minimum absolute atomic E-state index is 0.0895. The third-order valence-corrected chi connectivity index (χ3v) is 2.74. The van der Waals surface area contributed by atoms with Crippen molar-refractivity contribution >= 4 is 5.97 Å². The second kappa shape index (κ2) is 6.77. The van der Waals surface area contributed by atoms with E-state index in [1.54, 1.807) is 19.1 Å². The zero-order valence-corrected chi connectivity index (χ0v) is 10.7. The molecule has 0 aliphatic carbocycles. The molecule has 0 saturated heterocycles. The molecule has 0 bridgehead atoms. The Labute approximate surface area is 107 Å². The molecule has 1 N–H and O–H groups in total. The molecule has 0 aromatic heterocycles. The smallest absolute Gasteiger partial charge is 0.310 e. The molecule has 0 spiro atoms. The SMILES string of the molecule is CCOC(=O)Cc1cc(C#N)cc(CC)c1CO. The number of benzene rings is 1. The number of aryl methyl sites for hydroxylation is 1. The number of nitrogens with zero attached hydrogens (tertiary/aromatic N) is 1. The predicted molar refractivity (Wildman–Crippen MR) is 66.8 cm³/mol. The first-order valence-corrected chi connectivity index (χ1v) is 5.97. The van der Waals surface area contributed by atoms with Gasteiger partial charge in [-0.2, -0.15) is 5.26 Å². The van der Waals surface area contributed by atoms with Crippen LogP contribution >= 0.6 is 0 Å². The highest BCUT2D eigenvalue weighted by Crippen LogP contribution is 2.19. The van der Waals surface area contributed by atoms with Crippen molar-refractivity contribution in [3.8, 4) is 6.07 Å². The molecule has 0 aliphatic heterocycles. The third-order valence-electron chi connectivity index (χ3n) is 2.74. The minimum atomic E-state index is -0.343. The van der Waals surface area contributed by atoms with Crippen LogP contribution in [-0.4, -0.2) is 17.7 Å². The van der Waals surface area contributed by atoms with E-state index >= 15 is 0 Å². The molecule has 96 valence electrons. The Kier molecular flexibility index (Phi) is 5.34. The number of carbonyl (C=O) groups is 1. The van der Waals surface area contributed by atoms with Gasteiger partial charge in [0.15, 0.2) is 0 Å². The molecule has 0 unspecified atom stereocenters. The predicted octanol–water partition coefficient (Wildman–Crippen LogP) is 1.72. The first kappa shape index (κ1) is 14.2. The number of nitriles is 1. The second-order valence-electron chi connectivity index (χ2n) is 3.88. The van der Waals surface area contributed by atoms with Crippen molar-refractivity contribution in [1.29, 1.82) is 5.26 Å². The highest BCUT2D eigenvalue weighted by atomic mass is 16.5. The molecule has 4 nitrogen and oxygen atoms in total. The lowest BCUT2D eigenvalue weighted by molar-refractivity contribution is -0.142. The van der Waals surface area contributed by atoms with E-state index < -0.39 is 0 Å². The summed E-state index contributed by atoms with van der Waals surface area (Å²) in [6, 6.07) is 5.46. The van der Waals surface area contributed by atoms with E-state index in [9.17, 15) is 9.90 Å². The fourth-order valence-electron chi connectivity index (χ4n) is 1.91. The molecule has 0 fully saturated rings. The van der Waals surface area contributed by atoms with E-state index in [4.69, 9.17) is 10.00 Å². The largest absolute Gasteiger partial charge is 0.466 e. The van der Waals surface area contributed by atoms with Crippen LogP contribution in [0, 0.1) is 11.3 Å². The Morgan fingerprint density at radius 2 is 2.06 bits per heavy atom. The van der Waals surface area contributed by atoms with Gasteiger partial charge in [0.05, 0.1) is 31.3 Å². The topological polar surface area (TPSA) is 70.3 Å². The van der Waals surface area contributed by atoms with Gasteiger partial charge < -0.3 is 9.84 Å². The summed E-state index contributed by atoms with van der Waals surface area (Å²) in [5.41, 5.74) is 2.80. The molecule has 1 aromatic carbocycles. The summed E-state index contributed by atoms with van der Waals surface area (Å²) in [6.45, 7) is 3.88. The van der Waals surface area contributed by atoms with E-state index in [1.807, 2.05) is 6.92 Å².